The van der Waals surface area contributed by atoms with Gasteiger partial charge in [0, 0.05) is 19.1 Å². The average Bonchev–Trinajstić information content (AvgIpc) is 2.89. The molecule has 108 valence electrons. The van der Waals surface area contributed by atoms with E-state index < -0.39 is 5.97 Å². The molecule has 1 unspecified atom stereocenters. The molecule has 1 aromatic carbocycles. The van der Waals surface area contributed by atoms with Crippen LogP contribution in [-0.4, -0.2) is 60.0 Å². The molecule has 1 heterocycles. The van der Waals surface area contributed by atoms with Crippen molar-refractivity contribution in [2.24, 2.45) is 0 Å². The molecule has 0 bridgehead atoms. The van der Waals surface area contributed by atoms with Crippen molar-refractivity contribution in [1.29, 1.82) is 0 Å². The lowest BCUT2D eigenvalue weighted by Crippen LogP contribution is -2.35. The third kappa shape index (κ3) is 3.17. The van der Waals surface area contributed by atoms with Crippen molar-refractivity contribution < 1.29 is 14.7 Å². The van der Waals surface area contributed by atoms with Gasteiger partial charge in [0.1, 0.15) is 0 Å². The van der Waals surface area contributed by atoms with Crippen LogP contribution in [0.1, 0.15) is 22.3 Å². The Morgan fingerprint density at radius 3 is 2.65 bits per heavy atom. The summed E-state index contributed by atoms with van der Waals surface area (Å²) >= 11 is 0. The van der Waals surface area contributed by atoms with Gasteiger partial charge in [-0.1, -0.05) is 18.2 Å². The summed E-state index contributed by atoms with van der Waals surface area (Å²) in [5, 5.41) is 9.13. The highest BCUT2D eigenvalue weighted by Gasteiger charge is 2.27. The highest BCUT2D eigenvalue weighted by Crippen LogP contribution is 2.16. The predicted octanol–water partition coefficient (Wildman–Crippen LogP) is 1.09. The Morgan fingerprint density at radius 1 is 1.35 bits per heavy atom. The summed E-state index contributed by atoms with van der Waals surface area (Å²) in [5.41, 5.74) is 0.794. The smallest absolute Gasteiger partial charge is 0.335 e. The van der Waals surface area contributed by atoms with E-state index in [-0.39, 0.29) is 17.9 Å². The minimum atomic E-state index is -0.985. The van der Waals surface area contributed by atoms with Crippen LogP contribution in [0.2, 0.25) is 0 Å². The zero-order chi connectivity index (χ0) is 14.7. The lowest BCUT2D eigenvalue weighted by molar-refractivity contribution is -0.129. The average molecular weight is 276 g/mol. The maximum Gasteiger partial charge on any atom is 0.335 e. The summed E-state index contributed by atoms with van der Waals surface area (Å²) in [7, 11) is 4.02. The summed E-state index contributed by atoms with van der Waals surface area (Å²) < 4.78 is 0. The molecule has 0 aliphatic carbocycles. The predicted molar refractivity (Wildman–Crippen MR) is 75.8 cm³/mol. The number of likely N-dealkylation sites (N-methyl/N-ethyl adjacent to an activating group) is 1. The second-order valence-electron chi connectivity index (χ2n) is 5.38. The highest BCUT2D eigenvalue weighted by atomic mass is 16.4. The number of rotatable bonds is 4. The van der Waals surface area contributed by atoms with E-state index in [9.17, 15) is 9.59 Å². The SMILES string of the molecule is CN(C)C1CCN(C(=O)Cc2ccccc2C(=O)O)C1. The van der Waals surface area contributed by atoms with Gasteiger partial charge in [0.2, 0.25) is 5.91 Å². The zero-order valence-electron chi connectivity index (χ0n) is 11.9. The number of nitrogens with zero attached hydrogens (tertiary/aromatic N) is 2. The van der Waals surface area contributed by atoms with E-state index in [0.717, 1.165) is 19.5 Å². The van der Waals surface area contributed by atoms with Gasteiger partial charge >= 0.3 is 5.97 Å². The van der Waals surface area contributed by atoms with Gasteiger partial charge in [-0.25, -0.2) is 4.79 Å². The van der Waals surface area contributed by atoms with Gasteiger partial charge < -0.3 is 14.9 Å². The largest absolute Gasteiger partial charge is 0.478 e. The molecule has 1 saturated heterocycles. The van der Waals surface area contributed by atoms with Crippen molar-refractivity contribution in [3.8, 4) is 0 Å². The molecule has 0 aromatic heterocycles. The molecular formula is C15H20N2O3. The second-order valence-corrected chi connectivity index (χ2v) is 5.38. The normalized spacial score (nSPS) is 18.6. The number of hydrogen-bond acceptors (Lipinski definition) is 3. The van der Waals surface area contributed by atoms with Crippen LogP contribution in [0, 0.1) is 0 Å². The minimum Gasteiger partial charge on any atom is -0.478 e. The number of aromatic carboxylic acids is 1. The second kappa shape index (κ2) is 6.05. The van der Waals surface area contributed by atoms with Crippen LogP contribution in [0.4, 0.5) is 0 Å². The molecule has 1 aliphatic heterocycles. The quantitative estimate of drug-likeness (QED) is 0.894. The molecule has 1 N–H and O–H groups in total. The number of carboxylic acids is 1. The maximum atomic E-state index is 12.3. The van der Waals surface area contributed by atoms with E-state index >= 15 is 0 Å². The number of likely N-dealkylation sites (tertiary alicyclic amines) is 1. The molecular weight excluding hydrogens is 256 g/mol. The molecule has 5 nitrogen and oxygen atoms in total. The van der Waals surface area contributed by atoms with Gasteiger partial charge in [0.15, 0.2) is 0 Å². The first-order chi connectivity index (χ1) is 9.49. The summed E-state index contributed by atoms with van der Waals surface area (Å²) in [6, 6.07) is 7.09. The van der Waals surface area contributed by atoms with Crippen LogP contribution in [-0.2, 0) is 11.2 Å². The van der Waals surface area contributed by atoms with Gasteiger partial charge in [-0.05, 0) is 32.1 Å². The van der Waals surface area contributed by atoms with Gasteiger partial charge in [-0.3, -0.25) is 4.79 Å². The zero-order valence-corrected chi connectivity index (χ0v) is 11.9. The lowest BCUT2D eigenvalue weighted by Gasteiger charge is -2.20. The van der Waals surface area contributed by atoms with Crippen LogP contribution in [0.25, 0.3) is 0 Å². The standard InChI is InChI=1S/C15H20N2O3/c1-16(2)12-7-8-17(10-12)14(18)9-11-5-3-4-6-13(11)15(19)20/h3-6,12H,7-10H2,1-2H3,(H,19,20). The first-order valence-corrected chi connectivity index (χ1v) is 6.74. The molecule has 1 fully saturated rings. The Bertz CT molecular complexity index is 514. The number of carbonyl (C=O) groups is 2. The van der Waals surface area contributed by atoms with Crippen LogP contribution < -0.4 is 0 Å². The molecule has 0 spiro atoms. The van der Waals surface area contributed by atoms with E-state index in [1.54, 1.807) is 18.2 Å². The molecule has 1 amide bonds. The number of hydrogen-bond donors (Lipinski definition) is 1. The summed E-state index contributed by atoms with van der Waals surface area (Å²) in [5.74, 6) is -0.982. The van der Waals surface area contributed by atoms with Crippen LogP contribution >= 0.6 is 0 Å². The lowest BCUT2D eigenvalue weighted by atomic mass is 10.0. The van der Waals surface area contributed by atoms with E-state index in [1.165, 1.54) is 6.07 Å². The van der Waals surface area contributed by atoms with Crippen LogP contribution in [0.3, 0.4) is 0 Å². The fraction of sp³-hybridized carbons (Fsp3) is 0.467. The third-order valence-electron chi connectivity index (χ3n) is 3.84. The first kappa shape index (κ1) is 14.5. The van der Waals surface area contributed by atoms with E-state index in [4.69, 9.17) is 5.11 Å². The summed E-state index contributed by atoms with van der Waals surface area (Å²) in [6.45, 7) is 1.47. The summed E-state index contributed by atoms with van der Waals surface area (Å²) in [6.07, 6.45) is 1.13. The molecule has 20 heavy (non-hydrogen) atoms. The Kier molecular flexibility index (Phi) is 4.39. The minimum absolute atomic E-state index is 0.00282. The molecule has 5 heteroatoms. The van der Waals surface area contributed by atoms with E-state index in [1.807, 2.05) is 19.0 Å². The fourth-order valence-electron chi connectivity index (χ4n) is 2.55. The molecule has 0 saturated carbocycles. The first-order valence-electron chi connectivity index (χ1n) is 6.74. The maximum absolute atomic E-state index is 12.3. The van der Waals surface area contributed by atoms with Gasteiger partial charge in [0.05, 0.1) is 12.0 Å². The topological polar surface area (TPSA) is 60.9 Å². The van der Waals surface area contributed by atoms with Gasteiger partial charge in [0.25, 0.3) is 0 Å². The molecule has 0 radical (unpaired) electrons. The molecule has 1 atom stereocenters. The van der Waals surface area contributed by atoms with Gasteiger partial charge in [-0.2, -0.15) is 0 Å². The van der Waals surface area contributed by atoms with E-state index in [2.05, 4.69) is 4.90 Å². The number of amides is 1. The van der Waals surface area contributed by atoms with Crippen molar-refractivity contribution in [3.05, 3.63) is 35.4 Å². The number of benzene rings is 1. The van der Waals surface area contributed by atoms with Crippen molar-refractivity contribution in [2.45, 2.75) is 18.9 Å². The Balaban J connectivity index is 2.04. The van der Waals surface area contributed by atoms with Crippen molar-refractivity contribution >= 4 is 11.9 Å². The Morgan fingerprint density at radius 2 is 2.05 bits per heavy atom. The van der Waals surface area contributed by atoms with Gasteiger partial charge in [-0.15, -0.1) is 0 Å². The number of carbonyl (C=O) groups excluding carboxylic acids is 1. The Labute approximate surface area is 118 Å². The highest BCUT2D eigenvalue weighted by molar-refractivity contribution is 5.91. The molecule has 1 aliphatic rings. The number of carboxylic acid groups (broad SMARTS) is 1. The molecule has 1 aromatic rings. The van der Waals surface area contributed by atoms with Crippen molar-refractivity contribution in [1.82, 2.24) is 9.80 Å². The fourth-order valence-corrected chi connectivity index (χ4v) is 2.55. The van der Waals surface area contributed by atoms with E-state index in [0.29, 0.717) is 11.6 Å². The monoisotopic (exact) mass is 276 g/mol. The van der Waals surface area contributed by atoms with Crippen LogP contribution in [0.5, 0.6) is 0 Å². The molecule has 2 rings (SSSR count). The van der Waals surface area contributed by atoms with Crippen molar-refractivity contribution in [2.75, 3.05) is 27.2 Å². The summed E-state index contributed by atoms with van der Waals surface area (Å²) in [4.78, 5) is 27.4. The third-order valence-corrected chi connectivity index (χ3v) is 3.84. The van der Waals surface area contributed by atoms with Crippen molar-refractivity contribution in [3.63, 3.8) is 0 Å². The Hall–Kier alpha value is -1.88. The van der Waals surface area contributed by atoms with Crippen LogP contribution in [0.15, 0.2) is 24.3 Å².